The number of hydrogen-bond donors (Lipinski definition) is 1. The van der Waals surface area contributed by atoms with Crippen LogP contribution in [0.1, 0.15) is 42.0 Å². The second-order valence-corrected chi connectivity index (χ2v) is 10.4. The van der Waals surface area contributed by atoms with Crippen molar-refractivity contribution in [3.8, 4) is 0 Å². The van der Waals surface area contributed by atoms with Crippen LogP contribution in [0.4, 0.5) is 10.1 Å². The van der Waals surface area contributed by atoms with Crippen LogP contribution in [-0.2, 0) is 21.4 Å². The van der Waals surface area contributed by atoms with E-state index >= 15 is 0 Å². The average Bonchev–Trinajstić information content (AvgIpc) is 2.76. The molecule has 3 rings (SSSR count). The number of nitrogens with zero attached hydrogens (tertiary/aromatic N) is 1. The first-order chi connectivity index (χ1) is 15.6. The highest BCUT2D eigenvalue weighted by Gasteiger charge is 2.27. The lowest BCUT2D eigenvalue weighted by molar-refractivity contribution is -0.116. The highest BCUT2D eigenvalue weighted by molar-refractivity contribution is 7.89. The predicted molar refractivity (Wildman–Crippen MR) is 129 cm³/mol. The highest BCUT2D eigenvalue weighted by atomic mass is 32.2. The Morgan fingerprint density at radius 2 is 1.61 bits per heavy atom. The molecular weight excluding hydrogens is 439 g/mol. The zero-order chi connectivity index (χ0) is 24.2. The SMILES string of the molecule is Cc1ccc(S(=O)(=O)N(CC(=O)Nc2c(C)cccc2C(C)C)Cc2ccc(F)cc2)cc1. The van der Waals surface area contributed by atoms with Crippen molar-refractivity contribution in [3.63, 3.8) is 0 Å². The topological polar surface area (TPSA) is 66.5 Å². The molecule has 0 saturated carbocycles. The van der Waals surface area contributed by atoms with Crippen LogP contribution in [0.5, 0.6) is 0 Å². The Morgan fingerprint density at radius 3 is 2.21 bits per heavy atom. The molecule has 3 aromatic carbocycles. The van der Waals surface area contributed by atoms with Gasteiger partial charge in [-0.25, -0.2) is 12.8 Å². The Morgan fingerprint density at radius 1 is 0.970 bits per heavy atom. The Labute approximate surface area is 195 Å². The number of hydrogen-bond acceptors (Lipinski definition) is 3. The lowest BCUT2D eigenvalue weighted by atomic mass is 9.98. The summed E-state index contributed by atoms with van der Waals surface area (Å²) in [5.41, 5.74) is 4.10. The van der Waals surface area contributed by atoms with Gasteiger partial charge in [0.25, 0.3) is 0 Å². The number of sulfonamides is 1. The smallest absolute Gasteiger partial charge is 0.243 e. The molecule has 33 heavy (non-hydrogen) atoms. The Balaban J connectivity index is 1.92. The zero-order valence-corrected chi connectivity index (χ0v) is 20.1. The maximum absolute atomic E-state index is 13.4. The molecular formula is C26H29FN2O3S. The van der Waals surface area contributed by atoms with Gasteiger partial charge in [-0.3, -0.25) is 4.79 Å². The van der Waals surface area contributed by atoms with Crippen LogP contribution in [0.3, 0.4) is 0 Å². The van der Waals surface area contributed by atoms with Gasteiger partial charge in [-0.2, -0.15) is 4.31 Å². The first-order valence-corrected chi connectivity index (χ1v) is 12.2. The van der Waals surface area contributed by atoms with Gasteiger partial charge in [-0.05, 0) is 60.7 Å². The molecule has 5 nitrogen and oxygen atoms in total. The van der Waals surface area contributed by atoms with E-state index < -0.39 is 21.7 Å². The van der Waals surface area contributed by atoms with Gasteiger partial charge in [0.15, 0.2) is 0 Å². The quantitative estimate of drug-likeness (QED) is 0.482. The minimum atomic E-state index is -3.97. The average molecular weight is 469 g/mol. The van der Waals surface area contributed by atoms with E-state index in [0.29, 0.717) is 11.3 Å². The third kappa shape index (κ3) is 6.06. The predicted octanol–water partition coefficient (Wildman–Crippen LogP) is 5.40. The van der Waals surface area contributed by atoms with Gasteiger partial charge in [0.2, 0.25) is 15.9 Å². The van der Waals surface area contributed by atoms with Crippen LogP contribution < -0.4 is 5.32 Å². The minimum absolute atomic E-state index is 0.0608. The van der Waals surface area contributed by atoms with Gasteiger partial charge in [0.1, 0.15) is 5.82 Å². The molecule has 0 atom stereocenters. The fourth-order valence-corrected chi connectivity index (χ4v) is 4.94. The summed E-state index contributed by atoms with van der Waals surface area (Å²) in [6.45, 7) is 7.41. The summed E-state index contributed by atoms with van der Waals surface area (Å²) in [5, 5.41) is 2.91. The molecule has 0 aromatic heterocycles. The van der Waals surface area contributed by atoms with E-state index in [0.717, 1.165) is 21.0 Å². The van der Waals surface area contributed by atoms with Gasteiger partial charge in [-0.15, -0.1) is 0 Å². The molecule has 0 radical (unpaired) electrons. The summed E-state index contributed by atoms with van der Waals surface area (Å²) in [6.07, 6.45) is 0. The van der Waals surface area contributed by atoms with Crippen LogP contribution in [0.25, 0.3) is 0 Å². The lowest BCUT2D eigenvalue weighted by Crippen LogP contribution is -2.37. The number of aryl methyl sites for hydroxylation is 2. The molecule has 1 amide bonds. The Hall–Kier alpha value is -3.03. The minimum Gasteiger partial charge on any atom is -0.324 e. The number of nitrogens with one attached hydrogen (secondary N) is 1. The Bertz CT molecular complexity index is 1220. The summed E-state index contributed by atoms with van der Waals surface area (Å²) >= 11 is 0. The Kier molecular flexibility index (Phi) is 7.66. The van der Waals surface area contributed by atoms with Crippen LogP contribution >= 0.6 is 0 Å². The molecule has 0 aliphatic heterocycles. The van der Waals surface area contributed by atoms with Gasteiger partial charge in [0, 0.05) is 12.2 Å². The highest BCUT2D eigenvalue weighted by Crippen LogP contribution is 2.28. The second kappa shape index (κ2) is 10.3. The number of halogens is 1. The number of para-hydroxylation sites is 1. The summed E-state index contributed by atoms with van der Waals surface area (Å²) < 4.78 is 41.3. The van der Waals surface area contributed by atoms with E-state index in [2.05, 4.69) is 5.32 Å². The van der Waals surface area contributed by atoms with Gasteiger partial charge in [-0.1, -0.05) is 61.9 Å². The lowest BCUT2D eigenvalue weighted by Gasteiger charge is -2.23. The van der Waals surface area contributed by atoms with Crippen LogP contribution in [0, 0.1) is 19.7 Å². The van der Waals surface area contributed by atoms with Gasteiger partial charge in [0.05, 0.1) is 11.4 Å². The van der Waals surface area contributed by atoms with Crippen LogP contribution in [0.15, 0.2) is 71.6 Å². The van der Waals surface area contributed by atoms with Crippen molar-refractivity contribution < 1.29 is 17.6 Å². The summed E-state index contributed by atoms with van der Waals surface area (Å²) in [7, 11) is -3.97. The van der Waals surface area contributed by atoms with Gasteiger partial charge >= 0.3 is 0 Å². The zero-order valence-electron chi connectivity index (χ0n) is 19.3. The first-order valence-electron chi connectivity index (χ1n) is 10.8. The van der Waals surface area contributed by atoms with Crippen molar-refractivity contribution in [2.24, 2.45) is 0 Å². The molecule has 174 valence electrons. The third-order valence-corrected chi connectivity index (χ3v) is 7.25. The maximum atomic E-state index is 13.4. The number of anilines is 1. The molecule has 0 heterocycles. The summed E-state index contributed by atoms with van der Waals surface area (Å²) in [6, 6.07) is 17.8. The summed E-state index contributed by atoms with van der Waals surface area (Å²) in [4.78, 5) is 13.1. The van der Waals surface area contributed by atoms with E-state index in [1.165, 1.54) is 36.4 Å². The van der Waals surface area contributed by atoms with Crippen LogP contribution in [0.2, 0.25) is 0 Å². The van der Waals surface area contributed by atoms with Crippen molar-refractivity contribution in [3.05, 3.63) is 94.8 Å². The number of carbonyl (C=O) groups excluding carboxylic acids is 1. The first kappa shape index (κ1) is 24.6. The number of carbonyl (C=O) groups is 1. The molecule has 3 aromatic rings. The molecule has 1 N–H and O–H groups in total. The third-order valence-electron chi connectivity index (χ3n) is 5.44. The van der Waals surface area contributed by atoms with Gasteiger partial charge < -0.3 is 5.32 Å². The molecule has 0 aliphatic carbocycles. The van der Waals surface area contributed by atoms with Crippen molar-refractivity contribution in [1.82, 2.24) is 4.31 Å². The van der Waals surface area contributed by atoms with Crippen molar-refractivity contribution in [2.45, 2.75) is 45.1 Å². The van der Waals surface area contributed by atoms with E-state index in [1.54, 1.807) is 12.1 Å². The van der Waals surface area contributed by atoms with E-state index in [9.17, 15) is 17.6 Å². The second-order valence-electron chi connectivity index (χ2n) is 8.45. The molecule has 0 unspecified atom stereocenters. The molecule has 0 saturated heterocycles. The summed E-state index contributed by atoms with van der Waals surface area (Å²) in [5.74, 6) is -0.666. The molecule has 0 spiro atoms. The van der Waals surface area contributed by atoms with E-state index in [-0.39, 0.29) is 23.9 Å². The largest absolute Gasteiger partial charge is 0.324 e. The maximum Gasteiger partial charge on any atom is 0.243 e. The molecule has 0 aliphatic rings. The molecule has 0 bridgehead atoms. The normalized spacial score (nSPS) is 11.7. The fourth-order valence-electron chi connectivity index (χ4n) is 3.56. The van der Waals surface area contributed by atoms with Crippen LogP contribution in [-0.4, -0.2) is 25.2 Å². The molecule has 7 heteroatoms. The number of benzene rings is 3. The van der Waals surface area contributed by atoms with Crippen molar-refractivity contribution >= 4 is 21.6 Å². The molecule has 0 fully saturated rings. The van der Waals surface area contributed by atoms with E-state index in [4.69, 9.17) is 0 Å². The number of rotatable bonds is 8. The van der Waals surface area contributed by atoms with Crippen molar-refractivity contribution in [2.75, 3.05) is 11.9 Å². The monoisotopic (exact) mass is 468 g/mol. The van der Waals surface area contributed by atoms with E-state index in [1.807, 2.05) is 45.9 Å². The standard InChI is InChI=1S/C26H29FN2O3S/c1-18(2)24-7-5-6-20(4)26(24)28-25(30)17-29(16-21-10-12-22(27)13-11-21)33(31,32)23-14-8-19(3)9-15-23/h5-15,18H,16-17H2,1-4H3,(H,28,30). The fraction of sp³-hybridized carbons (Fsp3) is 0.269. The van der Waals surface area contributed by atoms with Crippen molar-refractivity contribution in [1.29, 1.82) is 0 Å². The number of amides is 1.